The maximum absolute atomic E-state index is 10.9. The Balaban J connectivity index is 4.10. The molecule has 0 rings (SSSR count). The second kappa shape index (κ2) is 7.48. The molecule has 0 spiro atoms. The number of carbonyl (C=O) groups excluding carboxylic acids is 1. The summed E-state index contributed by atoms with van der Waals surface area (Å²) in [4.78, 5) is 10.9. The normalized spacial score (nSPS) is 14.2. The fourth-order valence-corrected chi connectivity index (χ4v) is 2.98. The van der Waals surface area contributed by atoms with Gasteiger partial charge in [0, 0.05) is 12.7 Å². The summed E-state index contributed by atoms with van der Waals surface area (Å²) < 4.78 is 11.5. The van der Waals surface area contributed by atoms with Crippen LogP contribution in [-0.2, 0) is 14.0 Å². The van der Waals surface area contributed by atoms with Crippen LogP contribution in [0.25, 0.3) is 0 Å². The second-order valence-corrected chi connectivity index (χ2v) is 10.7. The van der Waals surface area contributed by atoms with Crippen LogP contribution in [0.15, 0.2) is 0 Å². The summed E-state index contributed by atoms with van der Waals surface area (Å²) in [5, 5.41) is 0.133. The molecule has 0 aliphatic heterocycles. The summed E-state index contributed by atoms with van der Waals surface area (Å²) in [5.41, 5.74) is 0. The van der Waals surface area contributed by atoms with Gasteiger partial charge in [0.05, 0.1) is 18.8 Å². The Morgan fingerprint density at radius 2 is 1.88 bits per heavy atom. The van der Waals surface area contributed by atoms with Crippen LogP contribution in [0.3, 0.4) is 0 Å². The van der Waals surface area contributed by atoms with Crippen LogP contribution in [0.4, 0.5) is 0 Å². The van der Waals surface area contributed by atoms with Crippen molar-refractivity contribution in [2.75, 3.05) is 12.4 Å². The lowest BCUT2D eigenvalue weighted by Gasteiger charge is -2.26. The Bertz CT molecular complexity index is 214. The SMILES string of the molecule is CC(=O)SC[C@H](COC(C)C)O[Si](C)(C)C. The number of rotatable bonds is 7. The number of hydrogen-bond acceptors (Lipinski definition) is 4. The molecule has 0 heterocycles. The summed E-state index contributed by atoms with van der Waals surface area (Å²) in [6.45, 7) is 12.6. The topological polar surface area (TPSA) is 35.5 Å². The first-order chi connectivity index (χ1) is 7.20. The van der Waals surface area contributed by atoms with Gasteiger partial charge < -0.3 is 9.16 Å². The fraction of sp³-hybridized carbons (Fsp3) is 0.909. The van der Waals surface area contributed by atoms with Gasteiger partial charge in [-0.15, -0.1) is 0 Å². The van der Waals surface area contributed by atoms with Crippen molar-refractivity contribution in [1.82, 2.24) is 0 Å². The second-order valence-electron chi connectivity index (χ2n) is 5.04. The van der Waals surface area contributed by atoms with E-state index in [1.807, 2.05) is 13.8 Å². The Labute approximate surface area is 104 Å². The molecule has 0 saturated heterocycles. The molecule has 0 amide bonds. The first kappa shape index (κ1) is 16.2. The maximum Gasteiger partial charge on any atom is 0.185 e. The van der Waals surface area contributed by atoms with Gasteiger partial charge in [-0.2, -0.15) is 0 Å². The van der Waals surface area contributed by atoms with E-state index in [1.165, 1.54) is 11.8 Å². The predicted octanol–water partition coefficient (Wildman–Crippen LogP) is 2.91. The van der Waals surface area contributed by atoms with Crippen molar-refractivity contribution in [3.63, 3.8) is 0 Å². The average molecular weight is 264 g/mol. The van der Waals surface area contributed by atoms with Crippen LogP contribution < -0.4 is 0 Å². The predicted molar refractivity (Wildman–Crippen MR) is 72.4 cm³/mol. The molecule has 0 radical (unpaired) electrons. The molecule has 96 valence electrons. The van der Waals surface area contributed by atoms with Gasteiger partial charge in [0.2, 0.25) is 0 Å². The molecule has 0 aromatic carbocycles. The van der Waals surface area contributed by atoms with Crippen molar-refractivity contribution in [3.05, 3.63) is 0 Å². The van der Waals surface area contributed by atoms with Gasteiger partial charge in [-0.1, -0.05) is 11.8 Å². The van der Waals surface area contributed by atoms with Crippen LogP contribution in [0.2, 0.25) is 19.6 Å². The molecule has 0 aromatic rings. The van der Waals surface area contributed by atoms with Gasteiger partial charge in [0.1, 0.15) is 0 Å². The van der Waals surface area contributed by atoms with Crippen molar-refractivity contribution < 1.29 is 14.0 Å². The lowest BCUT2D eigenvalue weighted by atomic mass is 10.4. The van der Waals surface area contributed by atoms with Crippen molar-refractivity contribution in [2.45, 2.75) is 52.6 Å². The van der Waals surface area contributed by atoms with E-state index in [4.69, 9.17) is 9.16 Å². The molecule has 0 unspecified atom stereocenters. The average Bonchev–Trinajstić information content (AvgIpc) is 2.07. The molecule has 0 aromatic heterocycles. The Morgan fingerprint density at radius 1 is 1.31 bits per heavy atom. The summed E-state index contributed by atoms with van der Waals surface area (Å²) >= 11 is 1.31. The lowest BCUT2D eigenvalue weighted by Crippen LogP contribution is -2.36. The molecule has 3 nitrogen and oxygen atoms in total. The monoisotopic (exact) mass is 264 g/mol. The van der Waals surface area contributed by atoms with Crippen LogP contribution in [-0.4, -0.2) is 38.0 Å². The molecular formula is C11H24O3SSi. The summed E-state index contributed by atoms with van der Waals surface area (Å²) in [7, 11) is -1.57. The van der Waals surface area contributed by atoms with Gasteiger partial charge in [-0.25, -0.2) is 0 Å². The van der Waals surface area contributed by atoms with E-state index in [0.29, 0.717) is 12.4 Å². The first-order valence-corrected chi connectivity index (χ1v) is 10.0. The fourth-order valence-electron chi connectivity index (χ4n) is 1.13. The first-order valence-electron chi connectivity index (χ1n) is 5.63. The molecule has 0 bridgehead atoms. The van der Waals surface area contributed by atoms with Crippen LogP contribution in [0.5, 0.6) is 0 Å². The molecule has 0 saturated carbocycles. The van der Waals surface area contributed by atoms with Crippen molar-refractivity contribution in [1.29, 1.82) is 0 Å². The Morgan fingerprint density at radius 3 is 2.25 bits per heavy atom. The molecular weight excluding hydrogens is 240 g/mol. The highest BCUT2D eigenvalue weighted by Crippen LogP contribution is 2.14. The third-order valence-corrected chi connectivity index (χ3v) is 3.59. The van der Waals surface area contributed by atoms with E-state index in [9.17, 15) is 4.79 Å². The Hall–Kier alpha value is 0.157. The van der Waals surface area contributed by atoms with E-state index >= 15 is 0 Å². The number of ether oxygens (including phenoxy) is 1. The zero-order valence-electron chi connectivity index (χ0n) is 11.2. The van der Waals surface area contributed by atoms with Crippen LogP contribution in [0.1, 0.15) is 20.8 Å². The zero-order valence-corrected chi connectivity index (χ0v) is 13.0. The molecule has 5 heteroatoms. The number of thioether (sulfide) groups is 1. The molecule has 0 N–H and O–H groups in total. The maximum atomic E-state index is 10.9. The smallest absolute Gasteiger partial charge is 0.185 e. The van der Waals surface area contributed by atoms with Crippen molar-refractivity contribution in [3.8, 4) is 0 Å². The molecule has 0 fully saturated rings. The van der Waals surface area contributed by atoms with E-state index in [1.54, 1.807) is 6.92 Å². The number of carbonyl (C=O) groups is 1. The van der Waals surface area contributed by atoms with E-state index < -0.39 is 8.32 Å². The zero-order chi connectivity index (χ0) is 12.8. The van der Waals surface area contributed by atoms with E-state index in [2.05, 4.69) is 19.6 Å². The summed E-state index contributed by atoms with van der Waals surface area (Å²) in [5.74, 6) is 0.687. The van der Waals surface area contributed by atoms with Gasteiger partial charge in [0.15, 0.2) is 13.4 Å². The molecule has 16 heavy (non-hydrogen) atoms. The minimum absolute atomic E-state index is 0.0305. The van der Waals surface area contributed by atoms with Gasteiger partial charge in [-0.05, 0) is 33.5 Å². The third kappa shape index (κ3) is 10.7. The highest BCUT2D eigenvalue weighted by Gasteiger charge is 2.22. The number of hydrogen-bond donors (Lipinski definition) is 0. The van der Waals surface area contributed by atoms with Crippen LogP contribution in [0, 0.1) is 0 Å². The quantitative estimate of drug-likeness (QED) is 0.662. The van der Waals surface area contributed by atoms with Crippen molar-refractivity contribution >= 4 is 25.2 Å². The van der Waals surface area contributed by atoms with E-state index in [-0.39, 0.29) is 17.3 Å². The standard InChI is InChI=1S/C11H24O3SSi/c1-9(2)13-7-11(8-15-10(3)12)14-16(4,5)6/h9,11H,7-8H2,1-6H3/t11-/m0/s1. The van der Waals surface area contributed by atoms with Gasteiger partial charge >= 0.3 is 0 Å². The molecule has 0 aliphatic rings. The summed E-state index contributed by atoms with van der Waals surface area (Å²) in [6.07, 6.45) is 0.234. The molecule has 0 aliphatic carbocycles. The minimum Gasteiger partial charge on any atom is -0.412 e. The van der Waals surface area contributed by atoms with E-state index in [0.717, 1.165) is 0 Å². The lowest BCUT2D eigenvalue weighted by molar-refractivity contribution is -0.109. The largest absolute Gasteiger partial charge is 0.412 e. The van der Waals surface area contributed by atoms with Gasteiger partial charge in [-0.3, -0.25) is 4.79 Å². The molecule has 1 atom stereocenters. The highest BCUT2D eigenvalue weighted by atomic mass is 32.2. The highest BCUT2D eigenvalue weighted by molar-refractivity contribution is 8.13. The minimum atomic E-state index is -1.57. The van der Waals surface area contributed by atoms with Crippen molar-refractivity contribution in [2.24, 2.45) is 0 Å². The summed E-state index contributed by atoms with van der Waals surface area (Å²) in [6, 6.07) is 0. The Kier molecular flexibility index (Phi) is 7.55. The third-order valence-electron chi connectivity index (χ3n) is 1.61. The van der Waals surface area contributed by atoms with Gasteiger partial charge in [0.25, 0.3) is 0 Å². The van der Waals surface area contributed by atoms with Crippen LogP contribution >= 0.6 is 11.8 Å².